The molecule has 0 fully saturated rings. The molecular weight excluding hydrogens is 270 g/mol. The first-order chi connectivity index (χ1) is 8.73. The van der Waals surface area contributed by atoms with E-state index in [1.54, 1.807) is 0 Å². The number of ether oxygens (including phenoxy) is 1. The van der Waals surface area contributed by atoms with Crippen LogP contribution in [0.15, 0.2) is 0 Å². The number of carbonyl (C=O) groups is 4. The molecule has 108 valence electrons. The summed E-state index contributed by atoms with van der Waals surface area (Å²) in [6.07, 6.45) is -7.41. The molecule has 0 aromatic carbocycles. The number of halogens is 2. The molecule has 0 heterocycles. The molecule has 0 saturated heterocycles. The molecule has 9 heteroatoms. The van der Waals surface area contributed by atoms with E-state index in [1.165, 1.54) is 0 Å². The van der Waals surface area contributed by atoms with Crippen LogP contribution in [0.25, 0.3) is 0 Å². The highest BCUT2D eigenvalue weighted by Gasteiger charge is 2.27. The van der Waals surface area contributed by atoms with Crippen LogP contribution in [0, 0.1) is 0 Å². The summed E-state index contributed by atoms with van der Waals surface area (Å²) in [4.78, 5) is 42.0. The molecule has 0 saturated carbocycles. The van der Waals surface area contributed by atoms with Gasteiger partial charge in [0.15, 0.2) is 12.3 Å². The summed E-state index contributed by atoms with van der Waals surface area (Å²) in [6, 6.07) is 0. The van der Waals surface area contributed by atoms with E-state index in [-0.39, 0.29) is 0 Å². The van der Waals surface area contributed by atoms with Crippen LogP contribution in [-0.4, -0.2) is 46.4 Å². The minimum absolute atomic E-state index is 0.650. The zero-order chi connectivity index (χ0) is 15.0. The lowest BCUT2D eigenvalue weighted by Gasteiger charge is -2.08. The summed E-state index contributed by atoms with van der Waals surface area (Å²) in [6.45, 7) is 0. The summed E-state index contributed by atoms with van der Waals surface area (Å²) in [5.74, 6) is -6.06. The Bertz CT molecular complexity index is 335. The van der Waals surface area contributed by atoms with Crippen LogP contribution in [0.4, 0.5) is 8.78 Å². The topological polar surface area (TPSA) is 118 Å². The maximum Gasteiger partial charge on any atom is 0.348 e. The van der Waals surface area contributed by atoms with Crippen molar-refractivity contribution in [2.75, 3.05) is 0 Å². The second kappa shape index (κ2) is 8.11. The van der Waals surface area contributed by atoms with Gasteiger partial charge < -0.3 is 14.9 Å². The highest BCUT2D eigenvalue weighted by Crippen LogP contribution is 2.09. The molecule has 7 nitrogen and oxygen atoms in total. The van der Waals surface area contributed by atoms with Crippen LogP contribution in [-0.2, 0) is 23.9 Å². The van der Waals surface area contributed by atoms with Crippen LogP contribution in [0.1, 0.15) is 25.7 Å². The lowest BCUT2D eigenvalue weighted by atomic mass is 10.2. The van der Waals surface area contributed by atoms with Gasteiger partial charge in [-0.05, 0) is 12.8 Å². The molecule has 0 bridgehead atoms. The summed E-state index contributed by atoms with van der Waals surface area (Å²) >= 11 is 0. The molecule has 2 atom stereocenters. The third-order valence-electron chi connectivity index (χ3n) is 1.94. The Hall–Kier alpha value is -2.06. The van der Waals surface area contributed by atoms with Crippen LogP contribution in [0.3, 0.4) is 0 Å². The average molecular weight is 282 g/mol. The molecule has 0 rings (SSSR count). The van der Waals surface area contributed by atoms with Crippen molar-refractivity contribution in [1.29, 1.82) is 0 Å². The highest BCUT2D eigenvalue weighted by atomic mass is 19.1. The van der Waals surface area contributed by atoms with Crippen molar-refractivity contribution in [3.63, 3.8) is 0 Å². The Morgan fingerprint density at radius 3 is 1.42 bits per heavy atom. The highest BCUT2D eigenvalue weighted by molar-refractivity contribution is 5.90. The molecule has 0 aliphatic rings. The molecule has 0 aliphatic heterocycles. The van der Waals surface area contributed by atoms with E-state index in [4.69, 9.17) is 10.2 Å². The molecule has 0 radical (unpaired) electrons. The monoisotopic (exact) mass is 282 g/mol. The first kappa shape index (κ1) is 16.9. The quantitative estimate of drug-likeness (QED) is 0.490. The molecule has 0 aliphatic carbocycles. The first-order valence-electron chi connectivity index (χ1n) is 5.21. The minimum atomic E-state index is -2.35. The Kier molecular flexibility index (Phi) is 7.23. The van der Waals surface area contributed by atoms with Crippen LogP contribution >= 0.6 is 0 Å². The molecule has 0 spiro atoms. The molecule has 0 aromatic rings. The Balaban J connectivity index is 4.12. The van der Waals surface area contributed by atoms with Crippen molar-refractivity contribution in [3.05, 3.63) is 0 Å². The summed E-state index contributed by atoms with van der Waals surface area (Å²) < 4.78 is 29.8. The summed E-state index contributed by atoms with van der Waals surface area (Å²) in [7, 11) is 0. The van der Waals surface area contributed by atoms with Crippen LogP contribution < -0.4 is 0 Å². The number of hydrogen-bond acceptors (Lipinski definition) is 5. The number of rotatable bonds is 8. The maximum absolute atomic E-state index is 13.0. The van der Waals surface area contributed by atoms with Crippen molar-refractivity contribution in [2.24, 2.45) is 0 Å². The molecule has 19 heavy (non-hydrogen) atoms. The van der Waals surface area contributed by atoms with Gasteiger partial charge in [0.25, 0.3) is 0 Å². The van der Waals surface area contributed by atoms with Crippen molar-refractivity contribution in [2.45, 2.75) is 38.0 Å². The van der Waals surface area contributed by atoms with Crippen LogP contribution in [0.2, 0.25) is 0 Å². The van der Waals surface area contributed by atoms with Gasteiger partial charge in [-0.1, -0.05) is 0 Å². The lowest BCUT2D eigenvalue weighted by Crippen LogP contribution is -2.28. The Morgan fingerprint density at radius 2 is 1.16 bits per heavy atom. The van der Waals surface area contributed by atoms with Gasteiger partial charge in [-0.2, -0.15) is 0 Å². The van der Waals surface area contributed by atoms with Gasteiger partial charge in [0.1, 0.15) is 0 Å². The Labute approximate surface area is 106 Å². The number of esters is 2. The van der Waals surface area contributed by atoms with E-state index in [2.05, 4.69) is 4.74 Å². The van der Waals surface area contributed by atoms with Crippen molar-refractivity contribution >= 4 is 23.9 Å². The summed E-state index contributed by atoms with van der Waals surface area (Å²) in [5.41, 5.74) is 0. The number of carboxylic acid groups (broad SMARTS) is 2. The van der Waals surface area contributed by atoms with E-state index in [1.807, 2.05) is 0 Å². The van der Waals surface area contributed by atoms with Crippen LogP contribution in [0.5, 0.6) is 0 Å². The van der Waals surface area contributed by atoms with Gasteiger partial charge in [0, 0.05) is 12.8 Å². The minimum Gasteiger partial charge on any atom is -0.481 e. The number of carbonyl (C=O) groups excluding carboxylic acids is 2. The first-order valence-corrected chi connectivity index (χ1v) is 5.21. The fraction of sp³-hybridized carbons (Fsp3) is 0.600. The summed E-state index contributed by atoms with van der Waals surface area (Å²) in [5, 5.41) is 16.5. The van der Waals surface area contributed by atoms with E-state index < -0.39 is 61.9 Å². The van der Waals surface area contributed by atoms with Gasteiger partial charge in [-0.25, -0.2) is 18.4 Å². The van der Waals surface area contributed by atoms with E-state index >= 15 is 0 Å². The van der Waals surface area contributed by atoms with Crippen molar-refractivity contribution < 1.29 is 42.9 Å². The van der Waals surface area contributed by atoms with Gasteiger partial charge in [0.05, 0.1) is 0 Å². The van der Waals surface area contributed by atoms with Crippen molar-refractivity contribution in [1.82, 2.24) is 0 Å². The predicted octanol–water partition coefficient (Wildman–Crippen LogP) is 0.462. The van der Waals surface area contributed by atoms with Gasteiger partial charge >= 0.3 is 23.9 Å². The SMILES string of the molecule is O=C(O)CCC(F)C(=O)OC(=O)C(F)CCC(=O)O. The van der Waals surface area contributed by atoms with Gasteiger partial charge in [-0.15, -0.1) is 0 Å². The third kappa shape index (κ3) is 7.79. The lowest BCUT2D eigenvalue weighted by molar-refractivity contribution is -0.167. The van der Waals surface area contributed by atoms with E-state index in [0.717, 1.165) is 0 Å². The second-order valence-electron chi connectivity index (χ2n) is 3.54. The van der Waals surface area contributed by atoms with Crippen molar-refractivity contribution in [3.8, 4) is 0 Å². The molecular formula is C10H12F2O7. The fourth-order valence-electron chi connectivity index (χ4n) is 0.963. The van der Waals surface area contributed by atoms with Gasteiger partial charge in [0.2, 0.25) is 0 Å². The zero-order valence-corrected chi connectivity index (χ0v) is 9.67. The fourth-order valence-corrected chi connectivity index (χ4v) is 0.963. The number of carboxylic acids is 2. The number of hydrogen-bond donors (Lipinski definition) is 2. The molecule has 2 N–H and O–H groups in total. The standard InChI is InChI=1S/C10H12F2O7/c11-5(1-3-7(13)14)9(17)19-10(18)6(12)2-4-8(15)16/h5-6H,1-4H2,(H,13,14)(H,15,16). The smallest absolute Gasteiger partial charge is 0.348 e. The normalized spacial score (nSPS) is 13.4. The maximum atomic E-state index is 13.0. The second-order valence-corrected chi connectivity index (χ2v) is 3.54. The zero-order valence-electron chi connectivity index (χ0n) is 9.67. The predicted molar refractivity (Wildman–Crippen MR) is 54.6 cm³/mol. The van der Waals surface area contributed by atoms with Gasteiger partial charge in [-0.3, -0.25) is 9.59 Å². The average Bonchev–Trinajstić information content (AvgIpc) is 2.32. The molecule has 0 aromatic heterocycles. The molecule has 2 unspecified atom stereocenters. The molecule has 0 amide bonds. The number of aliphatic carboxylic acids is 2. The number of alkyl halides is 2. The third-order valence-corrected chi connectivity index (χ3v) is 1.94. The van der Waals surface area contributed by atoms with E-state index in [9.17, 15) is 28.0 Å². The Morgan fingerprint density at radius 1 is 0.842 bits per heavy atom. The largest absolute Gasteiger partial charge is 0.481 e. The van der Waals surface area contributed by atoms with E-state index in [0.29, 0.717) is 0 Å².